The van der Waals surface area contributed by atoms with Crippen molar-refractivity contribution in [2.75, 3.05) is 13.7 Å². The minimum absolute atomic E-state index is 0.282. The molecule has 1 aliphatic heterocycles. The van der Waals surface area contributed by atoms with Crippen LogP contribution in [0.2, 0.25) is 0 Å². The molecule has 0 amide bonds. The molecule has 18 heavy (non-hydrogen) atoms. The van der Waals surface area contributed by atoms with Crippen LogP contribution in [0.15, 0.2) is 30.3 Å². The summed E-state index contributed by atoms with van der Waals surface area (Å²) in [6.07, 6.45) is -0.0511. The number of rotatable bonds is 3. The van der Waals surface area contributed by atoms with E-state index in [0.29, 0.717) is 19.5 Å². The van der Waals surface area contributed by atoms with E-state index >= 15 is 0 Å². The molecule has 1 fully saturated rings. The van der Waals surface area contributed by atoms with Crippen LogP contribution in [0.3, 0.4) is 0 Å². The highest BCUT2D eigenvalue weighted by Crippen LogP contribution is 2.31. The largest absolute Gasteiger partial charge is 0.468 e. The predicted octanol–water partition coefficient (Wildman–Crippen LogP) is 1.18. The van der Waals surface area contributed by atoms with Crippen LogP contribution >= 0.6 is 0 Å². The maximum Gasteiger partial charge on any atom is 0.326 e. The van der Waals surface area contributed by atoms with Gasteiger partial charge in [-0.2, -0.15) is 0 Å². The monoisotopic (exact) mass is 249 g/mol. The van der Waals surface area contributed by atoms with Crippen LogP contribution in [0.5, 0.6) is 0 Å². The van der Waals surface area contributed by atoms with Gasteiger partial charge in [0.1, 0.15) is 5.54 Å². The van der Waals surface area contributed by atoms with Crippen molar-refractivity contribution in [1.82, 2.24) is 4.90 Å². The number of benzene rings is 1. The number of ether oxygens (including phenoxy) is 1. The molecule has 1 aromatic carbocycles. The summed E-state index contributed by atoms with van der Waals surface area (Å²) in [7, 11) is 1.39. The smallest absolute Gasteiger partial charge is 0.326 e. The first-order valence-electron chi connectivity index (χ1n) is 6.12. The van der Waals surface area contributed by atoms with Gasteiger partial charge in [0.15, 0.2) is 0 Å². The lowest BCUT2D eigenvalue weighted by molar-refractivity contribution is -0.152. The van der Waals surface area contributed by atoms with Crippen molar-refractivity contribution in [3.8, 4) is 0 Å². The van der Waals surface area contributed by atoms with Crippen molar-refractivity contribution in [2.24, 2.45) is 0 Å². The van der Waals surface area contributed by atoms with Crippen molar-refractivity contribution in [1.29, 1.82) is 0 Å². The average Bonchev–Trinajstić information content (AvgIpc) is 2.65. The number of nitrogens with zero attached hydrogens (tertiary/aromatic N) is 1. The number of methoxy groups -OCH3 is 1. The molecule has 0 bridgehead atoms. The molecule has 1 aromatic rings. The van der Waals surface area contributed by atoms with Gasteiger partial charge in [-0.25, -0.2) is 0 Å². The maximum absolute atomic E-state index is 11.9. The molecule has 4 heteroatoms. The number of hydrogen-bond acceptors (Lipinski definition) is 4. The minimum atomic E-state index is -0.732. The highest BCUT2D eigenvalue weighted by atomic mass is 16.5. The molecule has 2 atom stereocenters. The first kappa shape index (κ1) is 13.1. The summed E-state index contributed by atoms with van der Waals surface area (Å²) >= 11 is 0. The number of likely N-dealkylation sites (tertiary alicyclic amines) is 1. The summed E-state index contributed by atoms with van der Waals surface area (Å²) in [5.74, 6) is -0.282. The van der Waals surface area contributed by atoms with E-state index in [1.165, 1.54) is 7.11 Å². The van der Waals surface area contributed by atoms with E-state index in [0.717, 1.165) is 5.56 Å². The van der Waals surface area contributed by atoms with E-state index in [2.05, 4.69) is 0 Å². The van der Waals surface area contributed by atoms with Gasteiger partial charge in [-0.1, -0.05) is 30.3 Å². The van der Waals surface area contributed by atoms with E-state index in [1.54, 1.807) is 0 Å². The molecule has 0 spiro atoms. The van der Waals surface area contributed by atoms with Gasteiger partial charge in [-0.05, 0) is 12.5 Å². The fourth-order valence-corrected chi connectivity index (χ4v) is 2.58. The van der Waals surface area contributed by atoms with Crippen molar-refractivity contribution in [3.63, 3.8) is 0 Å². The molecule has 1 saturated heterocycles. The maximum atomic E-state index is 11.9. The third-order valence-electron chi connectivity index (χ3n) is 3.60. The van der Waals surface area contributed by atoms with Gasteiger partial charge in [0.05, 0.1) is 13.2 Å². The first-order chi connectivity index (χ1) is 8.56. The quantitative estimate of drug-likeness (QED) is 0.817. The number of carbonyl (C=O) groups excluding carboxylic acids is 1. The molecule has 0 saturated carbocycles. The fourth-order valence-electron chi connectivity index (χ4n) is 2.58. The summed E-state index contributed by atoms with van der Waals surface area (Å²) in [6, 6.07) is 9.93. The van der Waals surface area contributed by atoms with Crippen molar-refractivity contribution >= 4 is 5.97 Å². The highest BCUT2D eigenvalue weighted by molar-refractivity contribution is 5.80. The minimum Gasteiger partial charge on any atom is -0.468 e. The summed E-state index contributed by atoms with van der Waals surface area (Å²) in [5.41, 5.74) is 0.394. The number of carbonyl (C=O) groups is 1. The van der Waals surface area contributed by atoms with Gasteiger partial charge in [0, 0.05) is 19.5 Å². The van der Waals surface area contributed by atoms with Crippen LogP contribution < -0.4 is 0 Å². The average molecular weight is 249 g/mol. The Labute approximate surface area is 107 Å². The molecule has 1 heterocycles. The Kier molecular flexibility index (Phi) is 3.68. The Balaban J connectivity index is 2.18. The second kappa shape index (κ2) is 5.08. The van der Waals surface area contributed by atoms with Crippen LogP contribution in [-0.4, -0.2) is 41.3 Å². The standard InChI is InChI=1S/C14H19NO3/c1-14(13(17)18-2)8-12(16)10-15(14)9-11-6-4-3-5-7-11/h3-7,12,16H,8-10H2,1-2H3/t12-,14-/m1/s1. The summed E-state index contributed by atoms with van der Waals surface area (Å²) in [5, 5.41) is 9.81. The molecular weight excluding hydrogens is 230 g/mol. The van der Waals surface area contributed by atoms with Crippen LogP contribution in [0.1, 0.15) is 18.9 Å². The lowest BCUT2D eigenvalue weighted by Gasteiger charge is -2.32. The van der Waals surface area contributed by atoms with Gasteiger partial charge in [-0.3, -0.25) is 9.69 Å². The normalized spacial score (nSPS) is 28.3. The van der Waals surface area contributed by atoms with E-state index in [4.69, 9.17) is 4.74 Å². The number of β-amino-alcohol motifs (C(OH)–C–C–N with tert-alkyl or cyclic N) is 1. The van der Waals surface area contributed by atoms with Crippen LogP contribution in [0.25, 0.3) is 0 Å². The Morgan fingerprint density at radius 1 is 1.50 bits per heavy atom. The molecule has 4 nitrogen and oxygen atoms in total. The van der Waals surface area contributed by atoms with E-state index < -0.39 is 11.6 Å². The number of aliphatic hydroxyl groups is 1. The topological polar surface area (TPSA) is 49.8 Å². The Morgan fingerprint density at radius 2 is 2.17 bits per heavy atom. The number of aliphatic hydroxyl groups excluding tert-OH is 1. The van der Waals surface area contributed by atoms with Gasteiger partial charge in [0.25, 0.3) is 0 Å². The molecule has 0 aromatic heterocycles. The third kappa shape index (κ3) is 2.40. The number of esters is 1. The molecule has 0 radical (unpaired) electrons. The zero-order valence-electron chi connectivity index (χ0n) is 10.8. The number of hydrogen-bond donors (Lipinski definition) is 1. The van der Waals surface area contributed by atoms with Gasteiger partial charge < -0.3 is 9.84 Å². The Hall–Kier alpha value is -1.39. The Morgan fingerprint density at radius 3 is 2.78 bits per heavy atom. The molecule has 1 N–H and O–H groups in total. The van der Waals surface area contributed by atoms with Crippen LogP contribution in [0.4, 0.5) is 0 Å². The van der Waals surface area contributed by atoms with Crippen molar-refractivity contribution in [3.05, 3.63) is 35.9 Å². The zero-order valence-corrected chi connectivity index (χ0v) is 10.8. The molecule has 2 rings (SSSR count). The lowest BCUT2D eigenvalue weighted by Crippen LogP contribution is -2.48. The van der Waals surface area contributed by atoms with Crippen LogP contribution in [0, 0.1) is 0 Å². The second-order valence-corrected chi connectivity index (χ2v) is 4.99. The van der Waals surface area contributed by atoms with Crippen LogP contribution in [-0.2, 0) is 16.1 Å². The molecule has 0 aliphatic carbocycles. The predicted molar refractivity (Wildman–Crippen MR) is 67.9 cm³/mol. The summed E-state index contributed by atoms with van der Waals surface area (Å²) in [6.45, 7) is 2.97. The van der Waals surface area contributed by atoms with Crippen molar-refractivity contribution < 1.29 is 14.6 Å². The fraction of sp³-hybridized carbons (Fsp3) is 0.500. The molecule has 0 unspecified atom stereocenters. The second-order valence-electron chi connectivity index (χ2n) is 4.99. The van der Waals surface area contributed by atoms with E-state index in [1.807, 2.05) is 42.2 Å². The van der Waals surface area contributed by atoms with Gasteiger partial charge in [-0.15, -0.1) is 0 Å². The highest BCUT2D eigenvalue weighted by Gasteiger charge is 2.47. The van der Waals surface area contributed by atoms with E-state index in [-0.39, 0.29) is 5.97 Å². The summed E-state index contributed by atoms with van der Waals surface area (Å²) < 4.78 is 4.86. The van der Waals surface area contributed by atoms with Gasteiger partial charge >= 0.3 is 5.97 Å². The van der Waals surface area contributed by atoms with E-state index in [9.17, 15) is 9.90 Å². The SMILES string of the molecule is COC(=O)[C@@]1(C)C[C@@H](O)CN1Cc1ccccc1. The molecule has 1 aliphatic rings. The molecular formula is C14H19NO3. The Bertz CT molecular complexity index is 420. The molecule has 98 valence electrons. The lowest BCUT2D eigenvalue weighted by atomic mass is 9.98. The first-order valence-corrected chi connectivity index (χ1v) is 6.12. The van der Waals surface area contributed by atoms with Crippen molar-refractivity contribution in [2.45, 2.75) is 31.5 Å². The zero-order chi connectivity index (χ0) is 13.2. The summed E-state index contributed by atoms with van der Waals surface area (Å²) in [4.78, 5) is 13.9. The van der Waals surface area contributed by atoms with Gasteiger partial charge in [0.2, 0.25) is 0 Å². The third-order valence-corrected chi connectivity index (χ3v) is 3.60.